The zero-order chi connectivity index (χ0) is 17.9. The van der Waals surface area contributed by atoms with Crippen molar-refractivity contribution >= 4 is 17.5 Å². The van der Waals surface area contributed by atoms with Crippen LogP contribution < -0.4 is 10.2 Å². The number of rotatable bonds is 3. The van der Waals surface area contributed by atoms with E-state index in [4.69, 9.17) is 0 Å². The smallest absolute Gasteiger partial charge is 0.274 e. The van der Waals surface area contributed by atoms with Crippen LogP contribution >= 0.6 is 0 Å². The lowest BCUT2D eigenvalue weighted by atomic mass is 10.0. The molecule has 1 N–H and O–H groups in total. The summed E-state index contributed by atoms with van der Waals surface area (Å²) >= 11 is 0. The number of carbonyl (C=O) groups is 1. The van der Waals surface area contributed by atoms with Crippen LogP contribution in [0.2, 0.25) is 0 Å². The number of anilines is 2. The number of nitrogens with one attached hydrogen (secondary N) is 1. The fourth-order valence-electron chi connectivity index (χ4n) is 3.04. The Kier molecular flexibility index (Phi) is 4.31. The monoisotopic (exact) mass is 348 g/mol. The van der Waals surface area contributed by atoms with Crippen molar-refractivity contribution in [3.63, 3.8) is 0 Å². The third kappa shape index (κ3) is 3.26. The fourth-order valence-corrected chi connectivity index (χ4v) is 3.04. The summed E-state index contributed by atoms with van der Waals surface area (Å²) in [6.45, 7) is 1.49. The predicted octanol–water partition coefficient (Wildman–Crippen LogP) is 3.43. The molecule has 2 aromatic carbocycles. The van der Waals surface area contributed by atoms with Gasteiger partial charge in [0.15, 0.2) is 0 Å². The summed E-state index contributed by atoms with van der Waals surface area (Å²) in [7, 11) is 0. The third-order valence-corrected chi connectivity index (χ3v) is 4.41. The van der Waals surface area contributed by atoms with E-state index in [0.717, 1.165) is 13.0 Å². The summed E-state index contributed by atoms with van der Waals surface area (Å²) in [5.74, 6) is -0.445. The van der Waals surface area contributed by atoms with Gasteiger partial charge in [0.2, 0.25) is 5.95 Å². The lowest BCUT2D eigenvalue weighted by molar-refractivity contribution is 0.102. The van der Waals surface area contributed by atoms with Crippen molar-refractivity contribution in [1.29, 1.82) is 0 Å². The molecule has 0 fully saturated rings. The average molecular weight is 348 g/mol. The van der Waals surface area contributed by atoms with Gasteiger partial charge in [-0.1, -0.05) is 36.4 Å². The van der Waals surface area contributed by atoms with E-state index in [0.29, 0.717) is 12.5 Å². The number of halogens is 1. The van der Waals surface area contributed by atoms with Crippen LogP contribution in [0, 0.1) is 5.82 Å². The van der Waals surface area contributed by atoms with Gasteiger partial charge in [-0.25, -0.2) is 14.4 Å². The Morgan fingerprint density at radius 3 is 2.65 bits per heavy atom. The number of hydrogen-bond acceptors (Lipinski definition) is 4. The molecule has 0 atom stereocenters. The Bertz CT molecular complexity index is 960. The maximum Gasteiger partial charge on any atom is 0.274 e. The predicted molar refractivity (Wildman–Crippen MR) is 97.6 cm³/mol. The topological polar surface area (TPSA) is 58.1 Å². The minimum Gasteiger partial charge on any atom is -0.336 e. The molecule has 0 saturated heterocycles. The molecule has 0 spiro atoms. The fraction of sp³-hybridized carbons (Fsp3) is 0.150. The van der Waals surface area contributed by atoms with E-state index in [1.807, 2.05) is 17.0 Å². The minimum atomic E-state index is -0.484. The molecule has 1 amide bonds. The molecule has 1 aliphatic rings. The molecule has 0 unspecified atom stereocenters. The lowest BCUT2D eigenvalue weighted by Crippen LogP contribution is -2.32. The van der Waals surface area contributed by atoms with Gasteiger partial charge in [-0.15, -0.1) is 0 Å². The van der Waals surface area contributed by atoms with Crippen LogP contribution in [0.3, 0.4) is 0 Å². The van der Waals surface area contributed by atoms with E-state index in [1.54, 1.807) is 18.3 Å². The summed E-state index contributed by atoms with van der Waals surface area (Å²) in [5.41, 5.74) is 2.91. The molecule has 2 heterocycles. The molecule has 5 nitrogen and oxygen atoms in total. The van der Waals surface area contributed by atoms with Gasteiger partial charge in [0.05, 0.1) is 5.69 Å². The van der Waals surface area contributed by atoms with Crippen molar-refractivity contribution < 1.29 is 9.18 Å². The zero-order valence-electron chi connectivity index (χ0n) is 14.0. The van der Waals surface area contributed by atoms with Gasteiger partial charge in [-0.3, -0.25) is 4.79 Å². The number of aromatic nitrogens is 2. The van der Waals surface area contributed by atoms with Gasteiger partial charge in [0, 0.05) is 19.3 Å². The van der Waals surface area contributed by atoms with Gasteiger partial charge in [0.1, 0.15) is 11.5 Å². The highest BCUT2D eigenvalue weighted by molar-refractivity contribution is 6.03. The van der Waals surface area contributed by atoms with Crippen LogP contribution in [-0.2, 0) is 13.0 Å². The molecule has 0 aliphatic carbocycles. The molecule has 1 aliphatic heterocycles. The van der Waals surface area contributed by atoms with E-state index >= 15 is 0 Å². The molecule has 0 bridgehead atoms. The first kappa shape index (κ1) is 16.2. The van der Waals surface area contributed by atoms with Crippen LogP contribution in [0.4, 0.5) is 16.0 Å². The van der Waals surface area contributed by atoms with Crippen molar-refractivity contribution in [3.05, 3.63) is 83.4 Å². The van der Waals surface area contributed by atoms with Gasteiger partial charge in [0.25, 0.3) is 5.91 Å². The van der Waals surface area contributed by atoms with Crippen LogP contribution in [0.5, 0.6) is 0 Å². The summed E-state index contributed by atoms with van der Waals surface area (Å²) in [6.07, 6.45) is 2.46. The second-order valence-corrected chi connectivity index (χ2v) is 6.12. The molecule has 1 aromatic heterocycles. The number of hydrogen-bond donors (Lipinski definition) is 1. The standard InChI is InChI=1S/C20H17FN4O/c21-16-7-3-4-8-17(16)23-19(26)18-9-11-22-20(24-18)25-12-10-14-5-1-2-6-15(14)13-25/h1-9,11H,10,12-13H2,(H,23,26). The highest BCUT2D eigenvalue weighted by Gasteiger charge is 2.19. The third-order valence-electron chi connectivity index (χ3n) is 4.41. The van der Waals surface area contributed by atoms with Crippen molar-refractivity contribution in [3.8, 4) is 0 Å². The molecule has 0 saturated carbocycles. The van der Waals surface area contributed by atoms with Gasteiger partial charge < -0.3 is 10.2 Å². The first-order valence-electron chi connectivity index (χ1n) is 8.41. The maximum atomic E-state index is 13.7. The Labute approximate surface area is 150 Å². The summed E-state index contributed by atoms with van der Waals surface area (Å²) in [5, 5.41) is 2.55. The van der Waals surface area contributed by atoms with E-state index in [-0.39, 0.29) is 11.4 Å². The first-order chi connectivity index (χ1) is 12.7. The number of amides is 1. The van der Waals surface area contributed by atoms with E-state index in [2.05, 4.69) is 27.4 Å². The Morgan fingerprint density at radius 1 is 1.04 bits per heavy atom. The second-order valence-electron chi connectivity index (χ2n) is 6.12. The van der Waals surface area contributed by atoms with E-state index in [9.17, 15) is 9.18 Å². The zero-order valence-corrected chi connectivity index (χ0v) is 14.0. The second kappa shape index (κ2) is 6.92. The molecule has 0 radical (unpaired) electrons. The molecule has 6 heteroatoms. The normalized spacial score (nSPS) is 13.2. The molecular formula is C20H17FN4O. The molecule has 3 aromatic rings. The van der Waals surface area contributed by atoms with E-state index < -0.39 is 11.7 Å². The van der Waals surface area contributed by atoms with Crippen molar-refractivity contribution in [2.45, 2.75) is 13.0 Å². The first-order valence-corrected chi connectivity index (χ1v) is 8.41. The molecule has 26 heavy (non-hydrogen) atoms. The highest BCUT2D eigenvalue weighted by atomic mass is 19.1. The van der Waals surface area contributed by atoms with Crippen molar-refractivity contribution in [1.82, 2.24) is 9.97 Å². The summed E-state index contributed by atoms with van der Waals surface area (Å²) in [4.78, 5) is 23.1. The van der Waals surface area contributed by atoms with Crippen molar-refractivity contribution in [2.24, 2.45) is 0 Å². The Balaban J connectivity index is 1.54. The molecular weight excluding hydrogens is 331 g/mol. The maximum absolute atomic E-state index is 13.7. The minimum absolute atomic E-state index is 0.129. The van der Waals surface area contributed by atoms with E-state index in [1.165, 1.54) is 29.3 Å². The Morgan fingerprint density at radius 2 is 1.81 bits per heavy atom. The number of benzene rings is 2. The number of nitrogens with zero attached hydrogens (tertiary/aromatic N) is 3. The van der Waals surface area contributed by atoms with Crippen LogP contribution in [0.25, 0.3) is 0 Å². The van der Waals surface area contributed by atoms with Crippen molar-refractivity contribution in [2.75, 3.05) is 16.8 Å². The van der Waals surface area contributed by atoms with Crippen LogP contribution in [0.15, 0.2) is 60.8 Å². The average Bonchev–Trinajstić information content (AvgIpc) is 2.69. The number of carbonyl (C=O) groups excluding carboxylic acids is 1. The quantitative estimate of drug-likeness (QED) is 0.788. The summed E-state index contributed by atoms with van der Waals surface area (Å²) in [6, 6.07) is 15.8. The van der Waals surface area contributed by atoms with Gasteiger partial charge in [-0.05, 0) is 35.7 Å². The molecule has 4 rings (SSSR count). The molecule has 130 valence electrons. The van der Waals surface area contributed by atoms with Crippen LogP contribution in [0.1, 0.15) is 21.6 Å². The number of fused-ring (bicyclic) bond motifs is 1. The van der Waals surface area contributed by atoms with Gasteiger partial charge in [-0.2, -0.15) is 0 Å². The SMILES string of the molecule is O=C(Nc1ccccc1F)c1ccnc(N2CCc3ccccc3C2)n1. The largest absolute Gasteiger partial charge is 0.336 e. The van der Waals surface area contributed by atoms with Gasteiger partial charge >= 0.3 is 0 Å². The number of para-hydroxylation sites is 1. The lowest BCUT2D eigenvalue weighted by Gasteiger charge is -2.28. The summed E-state index contributed by atoms with van der Waals surface area (Å²) < 4.78 is 13.7. The Hall–Kier alpha value is -3.28. The van der Waals surface area contributed by atoms with Crippen LogP contribution in [-0.4, -0.2) is 22.4 Å². The highest BCUT2D eigenvalue weighted by Crippen LogP contribution is 2.22.